The van der Waals surface area contributed by atoms with Crippen molar-refractivity contribution in [2.45, 2.75) is 6.42 Å². The number of ketones is 1. The van der Waals surface area contributed by atoms with E-state index < -0.39 is 0 Å². The summed E-state index contributed by atoms with van der Waals surface area (Å²) in [5.74, 6) is 0.0209. The minimum absolute atomic E-state index is 0.0209. The Morgan fingerprint density at radius 3 is 2.50 bits per heavy atom. The summed E-state index contributed by atoms with van der Waals surface area (Å²) in [4.78, 5) is 24.2. The Bertz CT molecular complexity index is 623. The number of benzene rings is 2. The van der Waals surface area contributed by atoms with E-state index in [1.54, 1.807) is 43.4 Å². The molecule has 0 saturated heterocycles. The maximum Gasteiger partial charge on any atom is 0.213 e. The molecular weight excluding hydrogens is 274 g/mol. The lowest BCUT2D eigenvalue weighted by Crippen LogP contribution is -2.13. The molecule has 0 bridgehead atoms. The number of amides is 1. The van der Waals surface area contributed by atoms with Crippen molar-refractivity contribution >= 4 is 29.5 Å². The highest BCUT2D eigenvalue weighted by Crippen LogP contribution is 2.16. The Hall–Kier alpha value is -2.13. The zero-order valence-corrected chi connectivity index (χ0v) is 11.8. The summed E-state index contributed by atoms with van der Waals surface area (Å²) >= 11 is 5.90. The quantitative estimate of drug-likeness (QED) is 0.625. The minimum Gasteiger partial charge on any atom is -0.318 e. The van der Waals surface area contributed by atoms with E-state index in [9.17, 15) is 9.59 Å². The molecule has 0 aromatic heterocycles. The van der Waals surface area contributed by atoms with Crippen molar-refractivity contribution in [3.63, 3.8) is 0 Å². The third-order valence-corrected chi connectivity index (χ3v) is 3.24. The van der Waals surface area contributed by atoms with Crippen LogP contribution >= 0.6 is 11.6 Å². The molecule has 0 radical (unpaired) electrons. The molecule has 3 nitrogen and oxygen atoms in total. The second-order valence-corrected chi connectivity index (χ2v) is 4.93. The molecule has 0 spiro atoms. The minimum atomic E-state index is 0.0209. The predicted molar refractivity (Wildman–Crippen MR) is 80.4 cm³/mol. The van der Waals surface area contributed by atoms with E-state index in [2.05, 4.69) is 0 Å². The van der Waals surface area contributed by atoms with Crippen molar-refractivity contribution < 1.29 is 9.59 Å². The van der Waals surface area contributed by atoms with Crippen LogP contribution in [0, 0.1) is 0 Å². The van der Waals surface area contributed by atoms with E-state index in [1.807, 2.05) is 12.1 Å². The third kappa shape index (κ3) is 3.45. The van der Waals surface area contributed by atoms with Gasteiger partial charge in [-0.05, 0) is 42.0 Å². The number of halogens is 1. The van der Waals surface area contributed by atoms with Crippen molar-refractivity contribution in [2.24, 2.45) is 0 Å². The lowest BCUT2D eigenvalue weighted by atomic mass is 10.0. The molecule has 102 valence electrons. The SMILES string of the molecule is CN(C=O)c1ccc(C(=O)Cc2cccc(Cl)c2)cc1. The van der Waals surface area contributed by atoms with Crippen molar-refractivity contribution in [3.05, 3.63) is 64.7 Å². The van der Waals surface area contributed by atoms with Gasteiger partial charge in [0.1, 0.15) is 0 Å². The van der Waals surface area contributed by atoms with Crippen LogP contribution in [0.1, 0.15) is 15.9 Å². The molecule has 0 atom stereocenters. The van der Waals surface area contributed by atoms with Crippen LogP contribution in [0.3, 0.4) is 0 Å². The largest absolute Gasteiger partial charge is 0.318 e. The van der Waals surface area contributed by atoms with Gasteiger partial charge >= 0.3 is 0 Å². The first kappa shape index (κ1) is 14.3. The van der Waals surface area contributed by atoms with Crippen LogP contribution in [-0.2, 0) is 11.2 Å². The average molecular weight is 288 g/mol. The van der Waals surface area contributed by atoms with Gasteiger partial charge in [-0.3, -0.25) is 9.59 Å². The zero-order chi connectivity index (χ0) is 14.5. The summed E-state index contributed by atoms with van der Waals surface area (Å²) in [5.41, 5.74) is 2.25. The van der Waals surface area contributed by atoms with Gasteiger partial charge in [0.25, 0.3) is 0 Å². The van der Waals surface area contributed by atoms with Gasteiger partial charge in [0.2, 0.25) is 6.41 Å². The highest BCUT2D eigenvalue weighted by Gasteiger charge is 2.08. The first-order chi connectivity index (χ1) is 9.60. The van der Waals surface area contributed by atoms with Gasteiger partial charge < -0.3 is 4.90 Å². The monoisotopic (exact) mass is 287 g/mol. The van der Waals surface area contributed by atoms with Gasteiger partial charge in [-0.25, -0.2) is 0 Å². The maximum atomic E-state index is 12.1. The fourth-order valence-electron chi connectivity index (χ4n) is 1.88. The standard InChI is InChI=1S/C16H14ClNO2/c1-18(11-19)15-7-5-13(6-8-15)16(20)10-12-3-2-4-14(17)9-12/h2-9,11H,10H2,1H3. The molecule has 20 heavy (non-hydrogen) atoms. The summed E-state index contributed by atoms with van der Waals surface area (Å²) < 4.78 is 0. The van der Waals surface area contributed by atoms with Crippen LogP contribution in [0.25, 0.3) is 0 Å². The summed E-state index contributed by atoms with van der Waals surface area (Å²) in [7, 11) is 1.66. The van der Waals surface area contributed by atoms with Gasteiger partial charge in [-0.2, -0.15) is 0 Å². The molecule has 2 aromatic carbocycles. The summed E-state index contributed by atoms with van der Waals surface area (Å²) in [6, 6.07) is 14.2. The molecule has 0 unspecified atom stereocenters. The van der Waals surface area contributed by atoms with Gasteiger partial charge in [0, 0.05) is 29.7 Å². The van der Waals surface area contributed by atoms with E-state index in [-0.39, 0.29) is 5.78 Å². The molecule has 2 aromatic rings. The van der Waals surface area contributed by atoms with Gasteiger partial charge in [-0.1, -0.05) is 23.7 Å². The van der Waals surface area contributed by atoms with Crippen LogP contribution in [0.4, 0.5) is 5.69 Å². The van der Waals surface area contributed by atoms with E-state index in [0.717, 1.165) is 17.7 Å². The van der Waals surface area contributed by atoms with Crippen molar-refractivity contribution in [2.75, 3.05) is 11.9 Å². The second kappa shape index (κ2) is 6.35. The summed E-state index contributed by atoms with van der Waals surface area (Å²) in [6.45, 7) is 0. The molecule has 4 heteroatoms. The first-order valence-corrected chi connectivity index (χ1v) is 6.54. The molecule has 0 fully saturated rings. The van der Waals surface area contributed by atoms with E-state index in [1.165, 1.54) is 4.90 Å². The first-order valence-electron chi connectivity index (χ1n) is 6.16. The molecule has 0 aliphatic carbocycles. The molecule has 0 saturated carbocycles. The fourth-order valence-corrected chi connectivity index (χ4v) is 2.09. The van der Waals surface area contributed by atoms with Crippen molar-refractivity contribution in [1.82, 2.24) is 0 Å². The van der Waals surface area contributed by atoms with Gasteiger partial charge in [0.15, 0.2) is 5.78 Å². The third-order valence-electron chi connectivity index (χ3n) is 3.01. The highest BCUT2D eigenvalue weighted by atomic mass is 35.5. The van der Waals surface area contributed by atoms with E-state index in [0.29, 0.717) is 17.0 Å². The maximum absolute atomic E-state index is 12.1. The molecule has 2 rings (SSSR count). The smallest absolute Gasteiger partial charge is 0.213 e. The Kier molecular flexibility index (Phi) is 4.53. The lowest BCUT2D eigenvalue weighted by molar-refractivity contribution is -0.107. The van der Waals surface area contributed by atoms with E-state index in [4.69, 9.17) is 11.6 Å². The molecule has 0 aliphatic heterocycles. The Labute approximate surface area is 122 Å². The predicted octanol–water partition coefficient (Wildman–Crippen LogP) is 3.36. The Morgan fingerprint density at radius 1 is 1.20 bits per heavy atom. The zero-order valence-electron chi connectivity index (χ0n) is 11.0. The molecule has 1 amide bonds. The van der Waals surface area contributed by atoms with E-state index >= 15 is 0 Å². The van der Waals surface area contributed by atoms with Gasteiger partial charge in [0.05, 0.1) is 0 Å². The number of anilines is 1. The van der Waals surface area contributed by atoms with Crippen LogP contribution in [0.2, 0.25) is 5.02 Å². The number of rotatable bonds is 5. The second-order valence-electron chi connectivity index (χ2n) is 4.49. The summed E-state index contributed by atoms with van der Waals surface area (Å²) in [5, 5.41) is 0.623. The lowest BCUT2D eigenvalue weighted by Gasteiger charge is -2.10. The fraction of sp³-hybridized carbons (Fsp3) is 0.125. The van der Waals surface area contributed by atoms with Crippen LogP contribution in [0.5, 0.6) is 0 Å². The number of nitrogens with zero attached hydrogens (tertiary/aromatic N) is 1. The van der Waals surface area contributed by atoms with Crippen molar-refractivity contribution in [1.29, 1.82) is 0 Å². The molecule has 0 heterocycles. The Morgan fingerprint density at radius 2 is 1.90 bits per heavy atom. The Balaban J connectivity index is 2.11. The average Bonchev–Trinajstić information content (AvgIpc) is 2.46. The molecular formula is C16H14ClNO2. The molecule has 0 aliphatic rings. The topological polar surface area (TPSA) is 37.4 Å². The van der Waals surface area contributed by atoms with Crippen molar-refractivity contribution in [3.8, 4) is 0 Å². The number of carbonyl (C=O) groups is 2. The van der Waals surface area contributed by atoms with Crippen LogP contribution in [0.15, 0.2) is 48.5 Å². The normalized spacial score (nSPS) is 10.1. The molecule has 0 N–H and O–H groups in total. The van der Waals surface area contributed by atoms with Crippen LogP contribution in [-0.4, -0.2) is 19.2 Å². The number of hydrogen-bond acceptors (Lipinski definition) is 2. The highest BCUT2D eigenvalue weighted by molar-refractivity contribution is 6.30. The summed E-state index contributed by atoms with van der Waals surface area (Å²) in [6.07, 6.45) is 1.03. The number of hydrogen-bond donors (Lipinski definition) is 0. The van der Waals surface area contributed by atoms with Crippen LogP contribution < -0.4 is 4.90 Å². The van der Waals surface area contributed by atoms with Gasteiger partial charge in [-0.15, -0.1) is 0 Å². The number of carbonyl (C=O) groups excluding carboxylic acids is 2. The number of Topliss-reactive ketones (excluding diaryl/α,β-unsaturated/α-hetero) is 1.